The lowest BCUT2D eigenvalue weighted by molar-refractivity contribution is -0.267. The number of aliphatic hydroxyl groups is 5. The molecule has 5 nitrogen and oxygen atoms in total. The van der Waals surface area contributed by atoms with Gasteiger partial charge < -0.3 is 25.5 Å². The molecule has 3 unspecified atom stereocenters. The molecule has 0 heterocycles. The minimum absolute atomic E-state index is 0.0718. The van der Waals surface area contributed by atoms with Gasteiger partial charge in [0, 0.05) is 18.4 Å². The van der Waals surface area contributed by atoms with Crippen molar-refractivity contribution in [3.63, 3.8) is 0 Å². The summed E-state index contributed by atoms with van der Waals surface area (Å²) < 4.78 is 0. The third-order valence-electron chi connectivity index (χ3n) is 4.31. The first-order valence-electron chi connectivity index (χ1n) is 5.76. The highest BCUT2D eigenvalue weighted by Crippen LogP contribution is 2.44. The topological polar surface area (TPSA) is 101 Å². The number of hydrogen-bond donors (Lipinski definition) is 5. The molecular weight excluding hydrogens is 224 g/mol. The van der Waals surface area contributed by atoms with E-state index in [0.29, 0.717) is 0 Å². The van der Waals surface area contributed by atoms with Crippen LogP contribution in [0.15, 0.2) is 0 Å². The van der Waals surface area contributed by atoms with Crippen molar-refractivity contribution in [1.29, 1.82) is 0 Å². The Labute approximate surface area is 103 Å². The second-order valence-corrected chi connectivity index (χ2v) is 5.93. The van der Waals surface area contributed by atoms with E-state index in [9.17, 15) is 20.4 Å². The average Bonchev–Trinajstić information content (AvgIpc) is 2.16. The average molecular weight is 250 g/mol. The maximum absolute atomic E-state index is 10.5. The van der Waals surface area contributed by atoms with Gasteiger partial charge in [0.05, 0.1) is 12.2 Å². The second kappa shape index (κ2) is 4.82. The van der Waals surface area contributed by atoms with Crippen molar-refractivity contribution >= 4 is 0 Å². The SMILES string of the molecule is CC(C)(CO)C(C)(O)C(C)(O)C(C)(O)CCO. The van der Waals surface area contributed by atoms with Crippen LogP contribution in [-0.2, 0) is 0 Å². The van der Waals surface area contributed by atoms with E-state index < -0.39 is 22.2 Å². The predicted molar refractivity (Wildman–Crippen MR) is 64.4 cm³/mol. The van der Waals surface area contributed by atoms with E-state index in [1.807, 2.05) is 0 Å². The molecule has 104 valence electrons. The third-order valence-corrected chi connectivity index (χ3v) is 4.31. The van der Waals surface area contributed by atoms with Crippen LogP contribution in [0.3, 0.4) is 0 Å². The summed E-state index contributed by atoms with van der Waals surface area (Å²) >= 11 is 0. The van der Waals surface area contributed by atoms with Gasteiger partial charge in [-0.25, -0.2) is 0 Å². The highest BCUT2D eigenvalue weighted by Gasteiger charge is 2.59. The van der Waals surface area contributed by atoms with Crippen molar-refractivity contribution < 1.29 is 25.5 Å². The van der Waals surface area contributed by atoms with Gasteiger partial charge in [-0.1, -0.05) is 13.8 Å². The van der Waals surface area contributed by atoms with Crippen LogP contribution >= 0.6 is 0 Å². The van der Waals surface area contributed by atoms with E-state index in [-0.39, 0.29) is 19.6 Å². The van der Waals surface area contributed by atoms with Gasteiger partial charge in [0.2, 0.25) is 0 Å². The van der Waals surface area contributed by atoms with Gasteiger partial charge in [-0.2, -0.15) is 0 Å². The first kappa shape index (κ1) is 16.8. The maximum Gasteiger partial charge on any atom is 0.119 e. The van der Waals surface area contributed by atoms with Crippen LogP contribution in [0.5, 0.6) is 0 Å². The first-order chi connectivity index (χ1) is 7.37. The zero-order valence-corrected chi connectivity index (χ0v) is 11.4. The molecule has 0 amide bonds. The first-order valence-corrected chi connectivity index (χ1v) is 5.76. The quantitative estimate of drug-likeness (QED) is 0.443. The van der Waals surface area contributed by atoms with Gasteiger partial charge in [0.15, 0.2) is 0 Å². The molecule has 0 bridgehead atoms. The highest BCUT2D eigenvalue weighted by atomic mass is 16.4. The van der Waals surface area contributed by atoms with Crippen molar-refractivity contribution in [2.24, 2.45) is 5.41 Å². The number of hydrogen-bond acceptors (Lipinski definition) is 5. The lowest BCUT2D eigenvalue weighted by Gasteiger charge is -2.53. The molecule has 5 heteroatoms. The molecule has 0 rings (SSSR count). The predicted octanol–water partition coefficient (Wildman–Crippen LogP) is -0.360. The lowest BCUT2D eigenvalue weighted by atomic mass is 9.61. The molecular formula is C12H26O5. The van der Waals surface area contributed by atoms with Crippen molar-refractivity contribution in [2.75, 3.05) is 13.2 Å². The Balaban J connectivity index is 5.44. The Morgan fingerprint density at radius 2 is 1.18 bits per heavy atom. The Kier molecular flexibility index (Phi) is 4.76. The summed E-state index contributed by atoms with van der Waals surface area (Å²) in [5.41, 5.74) is -6.28. The van der Waals surface area contributed by atoms with Gasteiger partial charge in [0.1, 0.15) is 11.2 Å². The molecule has 0 aromatic carbocycles. The molecule has 0 aliphatic carbocycles. The van der Waals surface area contributed by atoms with Crippen molar-refractivity contribution in [2.45, 2.75) is 57.8 Å². The summed E-state index contributed by atoms with van der Waals surface area (Å²) in [6.07, 6.45) is -0.0718. The van der Waals surface area contributed by atoms with Crippen LogP contribution in [0, 0.1) is 5.41 Å². The van der Waals surface area contributed by atoms with Gasteiger partial charge in [-0.15, -0.1) is 0 Å². The molecule has 0 aromatic rings. The molecule has 0 spiro atoms. The minimum Gasteiger partial charge on any atom is -0.396 e. The zero-order chi connectivity index (χ0) is 14.1. The van der Waals surface area contributed by atoms with Crippen LogP contribution in [0.2, 0.25) is 0 Å². The van der Waals surface area contributed by atoms with Gasteiger partial charge in [0.25, 0.3) is 0 Å². The Hall–Kier alpha value is -0.200. The van der Waals surface area contributed by atoms with E-state index >= 15 is 0 Å². The standard InChI is InChI=1S/C12H26O5/c1-9(2,8-14)11(4,16)12(5,17)10(3,15)6-7-13/h13-17H,6-8H2,1-5H3. The van der Waals surface area contributed by atoms with Gasteiger partial charge >= 0.3 is 0 Å². The molecule has 0 fully saturated rings. The zero-order valence-electron chi connectivity index (χ0n) is 11.4. The van der Waals surface area contributed by atoms with Crippen molar-refractivity contribution in [3.05, 3.63) is 0 Å². The maximum atomic E-state index is 10.5. The second-order valence-electron chi connectivity index (χ2n) is 5.93. The molecule has 0 aliphatic rings. The van der Waals surface area contributed by atoms with E-state index in [1.54, 1.807) is 13.8 Å². The number of rotatable bonds is 6. The van der Waals surface area contributed by atoms with Crippen molar-refractivity contribution in [1.82, 2.24) is 0 Å². The van der Waals surface area contributed by atoms with E-state index in [2.05, 4.69) is 0 Å². The van der Waals surface area contributed by atoms with E-state index in [0.717, 1.165) is 0 Å². The van der Waals surface area contributed by atoms with Gasteiger partial charge in [-0.3, -0.25) is 0 Å². The lowest BCUT2D eigenvalue weighted by Crippen LogP contribution is -2.69. The fourth-order valence-electron chi connectivity index (χ4n) is 1.80. The van der Waals surface area contributed by atoms with E-state index in [1.165, 1.54) is 20.8 Å². The van der Waals surface area contributed by atoms with Crippen LogP contribution in [0.1, 0.15) is 41.0 Å². The summed E-state index contributed by atoms with van der Waals surface area (Å²) in [5, 5.41) is 49.3. The molecule has 5 N–H and O–H groups in total. The van der Waals surface area contributed by atoms with Crippen molar-refractivity contribution in [3.8, 4) is 0 Å². The summed E-state index contributed by atoms with van der Waals surface area (Å²) in [5.74, 6) is 0. The van der Waals surface area contributed by atoms with Crippen LogP contribution < -0.4 is 0 Å². The Morgan fingerprint density at radius 1 is 0.765 bits per heavy atom. The van der Waals surface area contributed by atoms with Crippen LogP contribution in [0.4, 0.5) is 0 Å². The smallest absolute Gasteiger partial charge is 0.119 e. The Bertz CT molecular complexity index is 256. The molecule has 0 radical (unpaired) electrons. The summed E-state index contributed by atoms with van der Waals surface area (Å²) in [7, 11) is 0. The van der Waals surface area contributed by atoms with Crippen LogP contribution in [0.25, 0.3) is 0 Å². The Morgan fingerprint density at radius 3 is 1.47 bits per heavy atom. The molecule has 0 saturated heterocycles. The fourth-order valence-corrected chi connectivity index (χ4v) is 1.80. The largest absolute Gasteiger partial charge is 0.396 e. The van der Waals surface area contributed by atoms with Gasteiger partial charge in [-0.05, 0) is 20.8 Å². The summed E-state index contributed by atoms with van der Waals surface area (Å²) in [4.78, 5) is 0. The third kappa shape index (κ3) is 2.63. The summed E-state index contributed by atoms with van der Waals surface area (Å²) in [6.45, 7) is 6.57. The normalized spacial score (nSPS) is 23.6. The monoisotopic (exact) mass is 250 g/mol. The fraction of sp³-hybridized carbons (Fsp3) is 1.00. The number of aliphatic hydroxyl groups excluding tert-OH is 2. The minimum atomic E-state index is -1.88. The van der Waals surface area contributed by atoms with Crippen LogP contribution in [-0.4, -0.2) is 55.5 Å². The molecule has 17 heavy (non-hydrogen) atoms. The van der Waals surface area contributed by atoms with E-state index in [4.69, 9.17) is 5.11 Å². The highest BCUT2D eigenvalue weighted by molar-refractivity contribution is 5.10. The molecule has 0 aromatic heterocycles. The summed E-state index contributed by atoms with van der Waals surface area (Å²) in [6, 6.07) is 0. The molecule has 3 atom stereocenters. The molecule has 0 aliphatic heterocycles. The molecule has 0 saturated carbocycles.